The van der Waals surface area contributed by atoms with Crippen LogP contribution in [-0.2, 0) is 21.3 Å². The molecular weight excluding hydrogens is 350 g/mol. The second kappa shape index (κ2) is 7.19. The molecule has 0 radical (unpaired) electrons. The summed E-state index contributed by atoms with van der Waals surface area (Å²) in [6.07, 6.45) is 6.98. The first-order valence-electron chi connectivity index (χ1n) is 9.74. The molecule has 2 aliphatic heterocycles. The lowest BCUT2D eigenvalue weighted by molar-refractivity contribution is -0.118. The number of hydrogen-bond acceptors (Lipinski definition) is 5. The van der Waals surface area contributed by atoms with Crippen LogP contribution in [0.2, 0.25) is 0 Å². The number of sulfonamides is 1. The zero-order valence-electron chi connectivity index (χ0n) is 15.5. The normalized spacial score (nSPS) is 26.9. The van der Waals surface area contributed by atoms with Crippen molar-refractivity contribution in [1.82, 2.24) is 14.6 Å². The molecule has 6 nitrogen and oxygen atoms in total. The van der Waals surface area contributed by atoms with Gasteiger partial charge in [-0.2, -0.15) is 0 Å². The van der Waals surface area contributed by atoms with Crippen molar-refractivity contribution in [3.8, 4) is 0 Å². The average Bonchev–Trinajstić information content (AvgIpc) is 3.45. The minimum Gasteiger partial charge on any atom is -0.375 e. The zero-order valence-corrected chi connectivity index (χ0v) is 16.3. The topological polar surface area (TPSA) is 71.5 Å². The predicted octanol–water partition coefficient (Wildman–Crippen LogP) is 1.99. The molecule has 1 aromatic rings. The molecular formula is C19H29N3O3S. The Kier molecular flexibility index (Phi) is 5.07. The zero-order chi connectivity index (χ0) is 18.2. The quantitative estimate of drug-likeness (QED) is 0.847. The maximum Gasteiger partial charge on any atom is 0.214 e. The summed E-state index contributed by atoms with van der Waals surface area (Å²) in [6, 6.07) is 4.11. The lowest BCUT2D eigenvalue weighted by atomic mass is 9.82. The molecule has 0 aromatic carbocycles. The van der Waals surface area contributed by atoms with Gasteiger partial charge >= 0.3 is 0 Å². The molecule has 1 saturated carbocycles. The van der Waals surface area contributed by atoms with Crippen molar-refractivity contribution in [3.05, 3.63) is 29.6 Å². The van der Waals surface area contributed by atoms with E-state index in [0.717, 1.165) is 63.9 Å². The van der Waals surface area contributed by atoms with E-state index in [9.17, 15) is 8.42 Å². The molecule has 1 N–H and O–H groups in total. The number of likely N-dealkylation sites (tertiary alicyclic amines) is 1. The third kappa shape index (κ3) is 4.11. The molecule has 1 aromatic heterocycles. The van der Waals surface area contributed by atoms with E-state index in [2.05, 4.69) is 27.6 Å². The van der Waals surface area contributed by atoms with Crippen LogP contribution in [-0.4, -0.2) is 54.9 Å². The van der Waals surface area contributed by atoms with E-state index in [1.165, 1.54) is 5.56 Å². The Morgan fingerprint density at radius 3 is 2.77 bits per heavy atom. The standard InChI is InChI=1S/C19H29N3O3S/c1-15-3-2-9-20-18(15)14-22-10-7-19(8-11-22)13-16(6-12-25-19)21-26(23,24)17-4-5-17/h2-3,9,16-17,21H,4-8,10-14H2,1H3/t16-/m1/s1. The number of nitrogens with zero attached hydrogens (tertiary/aromatic N) is 2. The van der Waals surface area contributed by atoms with Gasteiger partial charge < -0.3 is 4.74 Å². The van der Waals surface area contributed by atoms with Crippen LogP contribution in [0.1, 0.15) is 49.8 Å². The molecule has 7 heteroatoms. The van der Waals surface area contributed by atoms with Gasteiger partial charge in [-0.25, -0.2) is 13.1 Å². The van der Waals surface area contributed by atoms with Gasteiger partial charge in [0.05, 0.1) is 16.5 Å². The number of nitrogens with one attached hydrogen (secondary N) is 1. The second-order valence-corrected chi connectivity index (χ2v) is 10.1. The number of ether oxygens (including phenoxy) is 1. The first-order valence-corrected chi connectivity index (χ1v) is 11.3. The predicted molar refractivity (Wildman–Crippen MR) is 100 cm³/mol. The van der Waals surface area contributed by atoms with E-state index in [-0.39, 0.29) is 16.9 Å². The highest BCUT2D eigenvalue weighted by molar-refractivity contribution is 7.90. The minimum atomic E-state index is -3.12. The smallest absolute Gasteiger partial charge is 0.214 e. The highest BCUT2D eigenvalue weighted by Gasteiger charge is 2.43. The molecule has 3 heterocycles. The summed E-state index contributed by atoms with van der Waals surface area (Å²) < 4.78 is 33.6. The Bertz CT molecular complexity index is 740. The van der Waals surface area contributed by atoms with E-state index >= 15 is 0 Å². The fraction of sp³-hybridized carbons (Fsp3) is 0.737. The third-order valence-corrected chi connectivity index (χ3v) is 8.06. The third-order valence-electron chi connectivity index (χ3n) is 6.05. The van der Waals surface area contributed by atoms with Crippen molar-refractivity contribution >= 4 is 10.0 Å². The van der Waals surface area contributed by atoms with Gasteiger partial charge in [-0.15, -0.1) is 0 Å². The van der Waals surface area contributed by atoms with Crippen LogP contribution in [0.5, 0.6) is 0 Å². The summed E-state index contributed by atoms with van der Waals surface area (Å²) >= 11 is 0. The first-order chi connectivity index (χ1) is 12.5. The van der Waals surface area contributed by atoms with E-state index < -0.39 is 10.0 Å². The van der Waals surface area contributed by atoms with Crippen LogP contribution in [0.15, 0.2) is 18.3 Å². The van der Waals surface area contributed by atoms with Gasteiger partial charge in [-0.3, -0.25) is 9.88 Å². The molecule has 3 fully saturated rings. The van der Waals surface area contributed by atoms with Crippen LogP contribution in [0, 0.1) is 6.92 Å². The van der Waals surface area contributed by atoms with Gasteiger partial charge in [0.25, 0.3) is 0 Å². The van der Waals surface area contributed by atoms with E-state index in [1.54, 1.807) is 0 Å². The molecule has 1 atom stereocenters. The van der Waals surface area contributed by atoms with E-state index in [4.69, 9.17) is 4.74 Å². The maximum absolute atomic E-state index is 12.3. The molecule has 1 spiro atoms. The van der Waals surface area contributed by atoms with Crippen LogP contribution in [0.4, 0.5) is 0 Å². The lowest BCUT2D eigenvalue weighted by Crippen LogP contribution is -2.53. The van der Waals surface area contributed by atoms with Crippen LogP contribution < -0.4 is 4.72 Å². The Morgan fingerprint density at radius 2 is 2.08 bits per heavy atom. The van der Waals surface area contributed by atoms with Gasteiger partial charge in [0, 0.05) is 38.5 Å². The minimum absolute atomic E-state index is 0.0268. The summed E-state index contributed by atoms with van der Waals surface area (Å²) in [5, 5.41) is -0.148. The van der Waals surface area contributed by atoms with Crippen molar-refractivity contribution in [2.75, 3.05) is 19.7 Å². The van der Waals surface area contributed by atoms with Gasteiger partial charge in [0.2, 0.25) is 10.0 Å². The fourth-order valence-electron chi connectivity index (χ4n) is 4.20. The number of piperidine rings is 1. The van der Waals surface area contributed by atoms with Gasteiger partial charge in [0.15, 0.2) is 0 Å². The molecule has 4 rings (SSSR count). The SMILES string of the molecule is Cc1cccnc1CN1CCC2(CC1)C[C@H](NS(=O)(=O)C1CC1)CCO2. The summed E-state index contributed by atoms with van der Waals surface area (Å²) in [7, 11) is -3.12. The van der Waals surface area contributed by atoms with E-state index in [0.29, 0.717) is 6.61 Å². The van der Waals surface area contributed by atoms with E-state index in [1.807, 2.05) is 12.3 Å². The molecule has 0 bridgehead atoms. The molecule has 0 amide bonds. The van der Waals surface area contributed by atoms with Crippen molar-refractivity contribution < 1.29 is 13.2 Å². The average molecular weight is 380 g/mol. The molecule has 2 saturated heterocycles. The number of aryl methyl sites for hydroxylation is 1. The van der Waals surface area contributed by atoms with Crippen molar-refractivity contribution in [3.63, 3.8) is 0 Å². The van der Waals surface area contributed by atoms with Crippen molar-refractivity contribution in [2.45, 2.75) is 68.9 Å². The Labute approximate surface area is 156 Å². The monoisotopic (exact) mass is 379 g/mol. The van der Waals surface area contributed by atoms with Crippen LogP contribution >= 0.6 is 0 Å². The number of hydrogen-bond donors (Lipinski definition) is 1. The Hall–Kier alpha value is -1.02. The summed E-state index contributed by atoms with van der Waals surface area (Å²) in [5.41, 5.74) is 2.21. The summed E-state index contributed by atoms with van der Waals surface area (Å²) in [6.45, 7) is 5.57. The number of pyridine rings is 1. The largest absolute Gasteiger partial charge is 0.375 e. The molecule has 1 aliphatic carbocycles. The molecule has 0 unspecified atom stereocenters. The Morgan fingerprint density at radius 1 is 1.31 bits per heavy atom. The summed E-state index contributed by atoms with van der Waals surface area (Å²) in [4.78, 5) is 6.93. The number of aromatic nitrogens is 1. The summed E-state index contributed by atoms with van der Waals surface area (Å²) in [5.74, 6) is 0. The van der Waals surface area contributed by atoms with Crippen LogP contribution in [0.3, 0.4) is 0 Å². The lowest BCUT2D eigenvalue weighted by Gasteiger charge is -2.46. The first kappa shape index (κ1) is 18.3. The van der Waals surface area contributed by atoms with Crippen molar-refractivity contribution in [2.24, 2.45) is 0 Å². The highest BCUT2D eigenvalue weighted by Crippen LogP contribution is 2.36. The van der Waals surface area contributed by atoms with Crippen molar-refractivity contribution in [1.29, 1.82) is 0 Å². The molecule has 144 valence electrons. The highest BCUT2D eigenvalue weighted by atomic mass is 32.2. The Balaban J connectivity index is 1.33. The van der Waals surface area contributed by atoms with Gasteiger partial charge in [0.1, 0.15) is 0 Å². The number of rotatable bonds is 5. The molecule has 3 aliphatic rings. The molecule has 26 heavy (non-hydrogen) atoms. The maximum atomic E-state index is 12.3. The van der Waals surface area contributed by atoms with Crippen LogP contribution in [0.25, 0.3) is 0 Å². The second-order valence-electron chi connectivity index (χ2n) is 8.13. The van der Waals surface area contributed by atoms with Gasteiger partial charge in [-0.1, -0.05) is 6.07 Å². The fourth-order valence-corrected chi connectivity index (χ4v) is 5.81. The van der Waals surface area contributed by atoms with Gasteiger partial charge in [-0.05, 0) is 57.1 Å².